The Labute approximate surface area is 115 Å². The van der Waals surface area contributed by atoms with Gasteiger partial charge in [-0.05, 0) is 38.9 Å². The molecule has 1 rings (SSSR count). The summed E-state index contributed by atoms with van der Waals surface area (Å²) in [6.45, 7) is 7.26. The van der Waals surface area contributed by atoms with E-state index in [9.17, 15) is 4.39 Å². The molecule has 0 aromatic heterocycles. The maximum absolute atomic E-state index is 14.0. The first-order chi connectivity index (χ1) is 9.10. The summed E-state index contributed by atoms with van der Waals surface area (Å²) in [5, 5.41) is 3.28. The van der Waals surface area contributed by atoms with E-state index < -0.39 is 0 Å². The summed E-state index contributed by atoms with van der Waals surface area (Å²) in [4.78, 5) is 0. The summed E-state index contributed by atoms with van der Waals surface area (Å²) in [5.74, 6) is 0.346. The molecule has 1 aromatic carbocycles. The summed E-state index contributed by atoms with van der Waals surface area (Å²) < 4.78 is 24.8. The predicted octanol–water partition coefficient (Wildman–Crippen LogP) is 3.30. The standard InChI is InChI=1S/C15H24FNO2/c1-5-9-17-12(3)15-13(16)7-6-8-14(15)19-11(2)10-18-4/h6-8,11-12,17H,5,9-10H2,1-4H3. The number of hydrogen-bond donors (Lipinski definition) is 1. The Morgan fingerprint density at radius 3 is 2.68 bits per heavy atom. The first-order valence-electron chi connectivity index (χ1n) is 6.77. The second kappa shape index (κ2) is 8.12. The van der Waals surface area contributed by atoms with Crippen LogP contribution in [-0.2, 0) is 4.74 Å². The molecule has 19 heavy (non-hydrogen) atoms. The van der Waals surface area contributed by atoms with Crippen LogP contribution in [-0.4, -0.2) is 26.4 Å². The Hall–Kier alpha value is -1.13. The van der Waals surface area contributed by atoms with Crippen molar-refractivity contribution < 1.29 is 13.9 Å². The Bertz CT molecular complexity index is 384. The van der Waals surface area contributed by atoms with E-state index in [1.165, 1.54) is 6.07 Å². The third-order valence-electron chi connectivity index (χ3n) is 2.88. The lowest BCUT2D eigenvalue weighted by Crippen LogP contribution is -2.23. The van der Waals surface area contributed by atoms with Crippen LogP contribution in [0.2, 0.25) is 0 Å². The van der Waals surface area contributed by atoms with Crippen molar-refractivity contribution in [1.29, 1.82) is 0 Å². The van der Waals surface area contributed by atoms with Crippen molar-refractivity contribution in [3.8, 4) is 5.75 Å². The number of methoxy groups -OCH3 is 1. The zero-order valence-corrected chi connectivity index (χ0v) is 12.2. The third kappa shape index (κ3) is 4.80. The van der Waals surface area contributed by atoms with Crippen LogP contribution in [0.25, 0.3) is 0 Å². The molecular weight excluding hydrogens is 245 g/mol. The highest BCUT2D eigenvalue weighted by Crippen LogP contribution is 2.28. The molecule has 0 bridgehead atoms. The van der Waals surface area contributed by atoms with E-state index in [4.69, 9.17) is 9.47 Å². The lowest BCUT2D eigenvalue weighted by molar-refractivity contribution is 0.0907. The number of nitrogens with one attached hydrogen (secondary N) is 1. The molecule has 108 valence electrons. The summed E-state index contributed by atoms with van der Waals surface area (Å²) in [7, 11) is 1.62. The lowest BCUT2D eigenvalue weighted by Gasteiger charge is -2.21. The molecule has 0 amide bonds. The highest BCUT2D eigenvalue weighted by atomic mass is 19.1. The van der Waals surface area contributed by atoms with Crippen LogP contribution in [0.3, 0.4) is 0 Å². The van der Waals surface area contributed by atoms with Gasteiger partial charge in [0.1, 0.15) is 17.7 Å². The van der Waals surface area contributed by atoms with E-state index in [1.54, 1.807) is 19.2 Å². The van der Waals surface area contributed by atoms with Crippen molar-refractivity contribution in [3.63, 3.8) is 0 Å². The number of ether oxygens (including phenoxy) is 2. The van der Waals surface area contributed by atoms with Crippen molar-refractivity contribution >= 4 is 0 Å². The molecule has 0 radical (unpaired) electrons. The van der Waals surface area contributed by atoms with Gasteiger partial charge in [0.05, 0.1) is 6.61 Å². The van der Waals surface area contributed by atoms with E-state index in [-0.39, 0.29) is 18.0 Å². The summed E-state index contributed by atoms with van der Waals surface area (Å²) in [6, 6.07) is 4.85. The smallest absolute Gasteiger partial charge is 0.131 e. The molecule has 0 aliphatic rings. The van der Waals surface area contributed by atoms with Gasteiger partial charge in [-0.2, -0.15) is 0 Å². The molecule has 4 heteroatoms. The average molecular weight is 269 g/mol. The summed E-state index contributed by atoms with van der Waals surface area (Å²) >= 11 is 0. The van der Waals surface area contributed by atoms with Crippen LogP contribution in [0.15, 0.2) is 18.2 Å². The Morgan fingerprint density at radius 1 is 1.32 bits per heavy atom. The number of halogens is 1. The molecular formula is C15H24FNO2. The van der Waals surface area contributed by atoms with Crippen molar-refractivity contribution in [3.05, 3.63) is 29.6 Å². The zero-order chi connectivity index (χ0) is 14.3. The van der Waals surface area contributed by atoms with E-state index in [1.807, 2.05) is 13.8 Å². The third-order valence-corrected chi connectivity index (χ3v) is 2.88. The fraction of sp³-hybridized carbons (Fsp3) is 0.600. The normalized spacial score (nSPS) is 14.2. The molecule has 3 nitrogen and oxygen atoms in total. The van der Waals surface area contributed by atoms with Gasteiger partial charge in [0.15, 0.2) is 0 Å². The number of rotatable bonds is 8. The van der Waals surface area contributed by atoms with Crippen LogP contribution in [0.4, 0.5) is 4.39 Å². The molecule has 1 N–H and O–H groups in total. The molecule has 0 saturated heterocycles. The topological polar surface area (TPSA) is 30.5 Å². The van der Waals surface area contributed by atoms with Crippen LogP contribution in [0.5, 0.6) is 5.75 Å². The van der Waals surface area contributed by atoms with Crippen LogP contribution < -0.4 is 10.1 Å². The Kier molecular flexibility index (Phi) is 6.81. The van der Waals surface area contributed by atoms with Gasteiger partial charge in [-0.25, -0.2) is 4.39 Å². The van der Waals surface area contributed by atoms with E-state index in [0.717, 1.165) is 13.0 Å². The molecule has 0 fully saturated rings. The van der Waals surface area contributed by atoms with Gasteiger partial charge in [0.2, 0.25) is 0 Å². The van der Waals surface area contributed by atoms with Gasteiger partial charge >= 0.3 is 0 Å². The fourth-order valence-corrected chi connectivity index (χ4v) is 1.99. The highest BCUT2D eigenvalue weighted by Gasteiger charge is 2.17. The minimum absolute atomic E-state index is 0.0779. The summed E-state index contributed by atoms with van der Waals surface area (Å²) in [5.41, 5.74) is 0.582. The first kappa shape index (κ1) is 15.9. The summed E-state index contributed by atoms with van der Waals surface area (Å²) in [6.07, 6.45) is 0.902. The monoisotopic (exact) mass is 269 g/mol. The second-order valence-corrected chi connectivity index (χ2v) is 4.71. The lowest BCUT2D eigenvalue weighted by atomic mass is 10.1. The van der Waals surface area contributed by atoms with Crippen molar-refractivity contribution in [2.75, 3.05) is 20.3 Å². The molecule has 2 unspecified atom stereocenters. The molecule has 0 spiro atoms. The van der Waals surface area contributed by atoms with Gasteiger partial charge in [-0.3, -0.25) is 0 Å². The quantitative estimate of drug-likeness (QED) is 0.785. The Balaban J connectivity index is 2.88. The van der Waals surface area contributed by atoms with Crippen LogP contribution >= 0.6 is 0 Å². The Morgan fingerprint density at radius 2 is 2.05 bits per heavy atom. The van der Waals surface area contributed by atoms with Crippen molar-refractivity contribution in [2.45, 2.75) is 39.3 Å². The molecule has 0 saturated carbocycles. The van der Waals surface area contributed by atoms with Gasteiger partial charge < -0.3 is 14.8 Å². The zero-order valence-electron chi connectivity index (χ0n) is 12.2. The fourth-order valence-electron chi connectivity index (χ4n) is 1.99. The van der Waals surface area contributed by atoms with Gasteiger partial charge in [-0.15, -0.1) is 0 Å². The van der Waals surface area contributed by atoms with E-state index in [2.05, 4.69) is 12.2 Å². The molecule has 0 heterocycles. The highest BCUT2D eigenvalue weighted by molar-refractivity contribution is 5.37. The molecule has 1 aromatic rings. The predicted molar refractivity (Wildman–Crippen MR) is 75.1 cm³/mol. The average Bonchev–Trinajstić information content (AvgIpc) is 2.36. The molecule has 2 atom stereocenters. The minimum atomic E-state index is -0.238. The second-order valence-electron chi connectivity index (χ2n) is 4.71. The van der Waals surface area contributed by atoms with Crippen molar-refractivity contribution in [2.24, 2.45) is 0 Å². The maximum Gasteiger partial charge on any atom is 0.131 e. The minimum Gasteiger partial charge on any atom is -0.488 e. The van der Waals surface area contributed by atoms with Crippen molar-refractivity contribution in [1.82, 2.24) is 5.32 Å². The first-order valence-corrected chi connectivity index (χ1v) is 6.77. The number of benzene rings is 1. The maximum atomic E-state index is 14.0. The van der Waals surface area contributed by atoms with Crippen LogP contribution in [0.1, 0.15) is 38.8 Å². The molecule has 0 aliphatic heterocycles. The van der Waals surface area contributed by atoms with Gasteiger partial charge in [-0.1, -0.05) is 13.0 Å². The van der Waals surface area contributed by atoms with E-state index in [0.29, 0.717) is 17.9 Å². The molecule has 0 aliphatic carbocycles. The largest absolute Gasteiger partial charge is 0.488 e. The van der Waals surface area contributed by atoms with Crippen LogP contribution in [0, 0.1) is 5.82 Å². The van der Waals surface area contributed by atoms with Gasteiger partial charge in [0.25, 0.3) is 0 Å². The van der Waals surface area contributed by atoms with E-state index >= 15 is 0 Å². The SMILES string of the molecule is CCCNC(C)c1c(F)cccc1OC(C)COC. The van der Waals surface area contributed by atoms with Gasteiger partial charge in [0, 0.05) is 18.7 Å². The number of hydrogen-bond acceptors (Lipinski definition) is 3.